The maximum absolute atomic E-state index is 6.28. The van der Waals surface area contributed by atoms with Crippen molar-refractivity contribution in [1.82, 2.24) is 9.97 Å². The standard InChI is InChI=1S/C26H35NOSi4.C13H12N.Ir/c1-19-17-23(22-15-12-14-21-20-13-10-11-16-24(20)28-26(21)22)27-18-25(19)32(29(2)3,30(4,5)6)31(7,8)9;1-10-3-5-12(6-4-10)13-9-11(2)7-8-14-13;/h10-14,16-18H,1-9H3;3-5,7-9H,1-2H3;/q2*-1;. The van der Waals surface area contributed by atoms with Crippen molar-refractivity contribution in [2.75, 3.05) is 0 Å². The third-order valence-electron chi connectivity index (χ3n) is 9.27. The molecule has 3 nitrogen and oxygen atoms in total. The molecular weight excluding hydrogens is 817 g/mol. The van der Waals surface area contributed by atoms with E-state index in [4.69, 9.17) is 9.40 Å². The van der Waals surface area contributed by atoms with Crippen molar-refractivity contribution in [2.24, 2.45) is 0 Å². The molecule has 0 bridgehead atoms. The minimum atomic E-state index is -1.62. The van der Waals surface area contributed by atoms with Crippen LogP contribution in [0.1, 0.15) is 16.7 Å². The van der Waals surface area contributed by atoms with Crippen LogP contribution in [-0.2, 0) is 20.1 Å². The Morgan fingerprint density at radius 3 is 2.02 bits per heavy atom. The Morgan fingerprint density at radius 2 is 1.43 bits per heavy atom. The normalized spacial score (nSPS) is 12.2. The molecular formula is C39H47IrN2OSi4-2. The van der Waals surface area contributed by atoms with Crippen molar-refractivity contribution >= 4 is 57.2 Å². The molecule has 8 heteroatoms. The number of aromatic nitrogens is 2. The molecule has 0 unspecified atom stereocenters. The summed E-state index contributed by atoms with van der Waals surface area (Å²) in [6.45, 7) is 25.8. The van der Waals surface area contributed by atoms with Crippen LogP contribution in [0.3, 0.4) is 0 Å². The third kappa shape index (κ3) is 7.19. The van der Waals surface area contributed by atoms with Crippen molar-refractivity contribution < 1.29 is 24.5 Å². The average molecular weight is 864 g/mol. The molecule has 0 atom stereocenters. The summed E-state index contributed by atoms with van der Waals surface area (Å²) >= 11 is 0. The number of pyridine rings is 2. The van der Waals surface area contributed by atoms with Gasteiger partial charge in [-0.05, 0) is 42.6 Å². The van der Waals surface area contributed by atoms with Gasteiger partial charge in [-0.1, -0.05) is 112 Å². The van der Waals surface area contributed by atoms with E-state index in [1.807, 2.05) is 36.5 Å². The zero-order valence-corrected chi connectivity index (χ0v) is 36.1. The van der Waals surface area contributed by atoms with Gasteiger partial charge in [-0.2, -0.15) is 0 Å². The molecule has 3 aromatic carbocycles. The van der Waals surface area contributed by atoms with E-state index < -0.39 is 30.1 Å². The van der Waals surface area contributed by atoms with Gasteiger partial charge in [0.2, 0.25) is 0 Å². The fourth-order valence-electron chi connectivity index (χ4n) is 8.01. The summed E-state index contributed by atoms with van der Waals surface area (Å²) in [5.41, 5.74) is 9.69. The summed E-state index contributed by atoms with van der Waals surface area (Å²) in [6, 6.07) is 31.5. The van der Waals surface area contributed by atoms with Crippen LogP contribution >= 0.6 is 0 Å². The van der Waals surface area contributed by atoms with Gasteiger partial charge in [0.1, 0.15) is 5.58 Å². The molecule has 2 radical (unpaired) electrons. The zero-order chi connectivity index (χ0) is 33.4. The molecule has 0 aliphatic rings. The number of hydrogen-bond donors (Lipinski definition) is 0. The fraction of sp³-hybridized carbons (Fsp3) is 0.282. The van der Waals surface area contributed by atoms with Gasteiger partial charge < -0.3 is 14.4 Å². The first-order valence-electron chi connectivity index (χ1n) is 16.2. The molecule has 3 heterocycles. The quantitative estimate of drug-likeness (QED) is 0.124. The monoisotopic (exact) mass is 864 g/mol. The van der Waals surface area contributed by atoms with E-state index in [1.165, 1.54) is 16.7 Å². The van der Waals surface area contributed by atoms with Crippen molar-refractivity contribution in [2.45, 2.75) is 73.1 Å². The van der Waals surface area contributed by atoms with Gasteiger partial charge in [0, 0.05) is 61.4 Å². The summed E-state index contributed by atoms with van der Waals surface area (Å²) in [5.74, 6) is 0. The molecule has 0 amide bonds. The largest absolute Gasteiger partial charge is 0.501 e. The van der Waals surface area contributed by atoms with Crippen LogP contribution in [0.15, 0.2) is 89.6 Å². The van der Waals surface area contributed by atoms with Crippen molar-refractivity contribution in [3.05, 3.63) is 114 Å². The van der Waals surface area contributed by atoms with Gasteiger partial charge >= 0.3 is 0 Å². The average Bonchev–Trinajstić information content (AvgIpc) is 3.36. The fourth-order valence-corrected chi connectivity index (χ4v) is 88.2. The van der Waals surface area contributed by atoms with E-state index >= 15 is 0 Å². The second-order valence-electron chi connectivity index (χ2n) is 14.8. The van der Waals surface area contributed by atoms with Crippen LogP contribution < -0.4 is 5.19 Å². The van der Waals surface area contributed by atoms with E-state index in [-0.39, 0.29) is 20.1 Å². The third-order valence-corrected chi connectivity index (χ3v) is 73.0. The topological polar surface area (TPSA) is 38.9 Å². The van der Waals surface area contributed by atoms with Gasteiger partial charge in [-0.3, -0.25) is 0 Å². The Morgan fingerprint density at radius 1 is 0.723 bits per heavy atom. The van der Waals surface area contributed by atoms with Crippen LogP contribution in [0, 0.1) is 32.9 Å². The summed E-state index contributed by atoms with van der Waals surface area (Å²) in [6.07, 6.45) is 4.11. The van der Waals surface area contributed by atoms with Gasteiger partial charge in [-0.15, -0.1) is 53.6 Å². The second-order valence-corrected chi connectivity index (χ2v) is 51.1. The molecule has 0 spiro atoms. The van der Waals surface area contributed by atoms with Gasteiger partial charge in [-0.25, -0.2) is 0 Å². The Hall–Kier alpha value is -2.72. The Labute approximate surface area is 299 Å². The zero-order valence-electron chi connectivity index (χ0n) is 29.7. The van der Waals surface area contributed by atoms with E-state index in [1.54, 1.807) is 5.19 Å². The SMILES string of the molecule is Cc1c[c-]c(-c2cc(C)ccn2)cc1.Cc1cc(-c2[c-]ccc3c2oc2ccccc23)ncc1[Si]([Si](C)C)([Si](C)(C)C)[Si](C)(C)C.[Ir]. The van der Waals surface area contributed by atoms with Crippen molar-refractivity contribution in [3.63, 3.8) is 0 Å². The van der Waals surface area contributed by atoms with Crippen LogP contribution in [0.25, 0.3) is 44.5 Å². The molecule has 0 aliphatic heterocycles. The molecule has 0 saturated heterocycles. The Bertz CT molecular complexity index is 1980. The van der Waals surface area contributed by atoms with Gasteiger partial charge in [0.25, 0.3) is 0 Å². The van der Waals surface area contributed by atoms with Crippen LogP contribution in [0.5, 0.6) is 0 Å². The predicted molar refractivity (Wildman–Crippen MR) is 208 cm³/mol. The molecule has 246 valence electrons. The maximum atomic E-state index is 6.28. The minimum absolute atomic E-state index is 0. The summed E-state index contributed by atoms with van der Waals surface area (Å²) in [5, 5.41) is 3.94. The van der Waals surface area contributed by atoms with Crippen LogP contribution in [0.2, 0.25) is 52.4 Å². The first-order valence-corrected chi connectivity index (χ1v) is 30.7. The number of para-hydroxylation sites is 1. The first-order chi connectivity index (χ1) is 21.6. The molecule has 0 fully saturated rings. The number of furan rings is 1. The van der Waals surface area contributed by atoms with Gasteiger partial charge in [0.05, 0.1) is 12.2 Å². The Balaban J connectivity index is 0.000000279. The number of aryl methyl sites for hydroxylation is 3. The van der Waals surface area contributed by atoms with Crippen molar-refractivity contribution in [3.8, 4) is 22.5 Å². The summed E-state index contributed by atoms with van der Waals surface area (Å²) < 4.78 is 6.28. The van der Waals surface area contributed by atoms with E-state index in [9.17, 15) is 0 Å². The van der Waals surface area contributed by atoms with Crippen LogP contribution in [0.4, 0.5) is 0 Å². The second kappa shape index (κ2) is 14.4. The molecule has 3 aromatic heterocycles. The molecule has 6 rings (SSSR count). The minimum Gasteiger partial charge on any atom is -0.501 e. The number of benzene rings is 3. The van der Waals surface area contributed by atoms with Gasteiger partial charge in [0.15, 0.2) is 0 Å². The summed E-state index contributed by atoms with van der Waals surface area (Å²) in [4.78, 5) is 9.42. The smallest absolute Gasteiger partial charge is 0.120 e. The molecule has 0 saturated carbocycles. The molecule has 47 heavy (non-hydrogen) atoms. The molecule has 6 aromatic rings. The number of hydrogen-bond acceptors (Lipinski definition) is 3. The first kappa shape index (κ1) is 37.1. The number of nitrogens with zero attached hydrogens (tertiary/aromatic N) is 2. The van der Waals surface area contributed by atoms with E-state index in [0.29, 0.717) is 0 Å². The van der Waals surface area contributed by atoms with Crippen molar-refractivity contribution in [1.29, 1.82) is 0 Å². The number of rotatable bonds is 6. The molecule has 0 N–H and O–H groups in total. The van der Waals surface area contributed by atoms with E-state index in [2.05, 4.69) is 139 Å². The predicted octanol–water partition coefficient (Wildman–Crippen LogP) is 10.2. The summed E-state index contributed by atoms with van der Waals surface area (Å²) in [7, 11) is -3.23. The molecule has 0 aliphatic carbocycles. The van der Waals surface area contributed by atoms with E-state index in [0.717, 1.165) is 44.5 Å². The Kier molecular flexibility index (Phi) is 11.4. The maximum Gasteiger partial charge on any atom is 0.120 e. The van der Waals surface area contributed by atoms with Crippen LogP contribution in [-0.4, -0.2) is 40.1 Å². The number of fused-ring (bicyclic) bond motifs is 3.